The molecule has 0 aliphatic rings. The summed E-state index contributed by atoms with van der Waals surface area (Å²) in [7, 11) is 0. The van der Waals surface area contributed by atoms with Crippen molar-refractivity contribution < 1.29 is 28.7 Å². The van der Waals surface area contributed by atoms with Gasteiger partial charge in [-0.3, -0.25) is 10.1 Å². The summed E-state index contributed by atoms with van der Waals surface area (Å²) in [4.78, 5) is 48.8. The Morgan fingerprint density at radius 1 is 0.705 bits per heavy atom. The number of amides is 3. The average Bonchev–Trinajstić information content (AvgIpc) is 3.03. The standard InChI is InChI=1S/C34H50N4O6/c1-26(2)30(23-39)35-20-14-6-4-5-7-15-21-36-31(32(40)38-34(42)44-25-29-18-12-9-13-19-29)27(3)22-37-33(41)43-24-28-16-10-8-11-17-28/h8-13,16-19,23,26-27,30-31,35-36H,4-7,14-15,20-22,24-25H2,1-3H3,(H,37,41)(H,38,40,42)/t27?,30-,31+/m1/s1. The van der Waals surface area contributed by atoms with E-state index in [1.54, 1.807) is 0 Å². The SMILES string of the molecule is CC(CNC(=O)OCc1ccccc1)[C@H](NCCCCCCCCN[C@H](C=O)C(C)C)C(=O)NC(=O)OCc1ccccc1. The summed E-state index contributed by atoms with van der Waals surface area (Å²) in [6.45, 7) is 7.67. The second kappa shape index (κ2) is 21.9. The van der Waals surface area contributed by atoms with E-state index in [2.05, 4.69) is 21.3 Å². The van der Waals surface area contributed by atoms with E-state index in [0.29, 0.717) is 6.54 Å². The monoisotopic (exact) mass is 610 g/mol. The Morgan fingerprint density at radius 2 is 1.20 bits per heavy atom. The topological polar surface area (TPSA) is 135 Å². The molecule has 1 unspecified atom stereocenters. The minimum Gasteiger partial charge on any atom is -0.445 e. The number of unbranched alkanes of at least 4 members (excludes halogenated alkanes) is 5. The molecule has 0 bridgehead atoms. The van der Waals surface area contributed by atoms with Crippen molar-refractivity contribution in [1.82, 2.24) is 21.3 Å². The first kappa shape index (κ1) is 36.4. The molecule has 0 radical (unpaired) electrons. The molecule has 2 rings (SSSR count). The lowest BCUT2D eigenvalue weighted by Crippen LogP contribution is -2.52. The van der Waals surface area contributed by atoms with E-state index in [-0.39, 0.29) is 37.6 Å². The van der Waals surface area contributed by atoms with E-state index in [4.69, 9.17) is 9.47 Å². The first-order chi connectivity index (χ1) is 21.3. The van der Waals surface area contributed by atoms with Gasteiger partial charge in [-0.2, -0.15) is 0 Å². The molecule has 4 N–H and O–H groups in total. The third-order valence-corrected chi connectivity index (χ3v) is 7.28. The number of carbonyl (C=O) groups is 4. The largest absolute Gasteiger partial charge is 0.445 e. The van der Waals surface area contributed by atoms with Crippen molar-refractivity contribution in [2.45, 2.75) is 84.6 Å². The summed E-state index contributed by atoms with van der Waals surface area (Å²) in [6, 6.07) is 17.8. The first-order valence-electron chi connectivity index (χ1n) is 15.7. The van der Waals surface area contributed by atoms with Crippen LogP contribution in [0.4, 0.5) is 9.59 Å². The van der Waals surface area contributed by atoms with Gasteiger partial charge in [0.05, 0.1) is 12.1 Å². The third-order valence-electron chi connectivity index (χ3n) is 7.28. The molecular formula is C34H50N4O6. The van der Waals surface area contributed by atoms with Crippen LogP contribution in [0.2, 0.25) is 0 Å². The molecule has 0 aliphatic heterocycles. The fourth-order valence-corrected chi connectivity index (χ4v) is 4.55. The molecule has 3 atom stereocenters. The van der Waals surface area contributed by atoms with Crippen molar-refractivity contribution in [2.75, 3.05) is 19.6 Å². The van der Waals surface area contributed by atoms with E-state index in [1.807, 2.05) is 81.4 Å². The molecule has 3 amide bonds. The maximum Gasteiger partial charge on any atom is 0.414 e. The van der Waals surface area contributed by atoms with Gasteiger partial charge in [0.1, 0.15) is 19.5 Å². The lowest BCUT2D eigenvalue weighted by molar-refractivity contribution is -0.123. The van der Waals surface area contributed by atoms with Crippen molar-refractivity contribution >= 4 is 24.4 Å². The van der Waals surface area contributed by atoms with Crippen LogP contribution in [0.5, 0.6) is 0 Å². The molecule has 0 aromatic heterocycles. The van der Waals surface area contributed by atoms with Gasteiger partial charge in [-0.05, 0) is 48.9 Å². The third kappa shape index (κ3) is 15.6. The van der Waals surface area contributed by atoms with Crippen molar-refractivity contribution in [3.05, 3.63) is 71.8 Å². The van der Waals surface area contributed by atoms with Crippen LogP contribution < -0.4 is 21.3 Å². The van der Waals surface area contributed by atoms with Crippen LogP contribution in [-0.4, -0.2) is 56.1 Å². The lowest BCUT2D eigenvalue weighted by atomic mass is 10.0. The molecule has 2 aromatic rings. The number of imide groups is 1. The average molecular weight is 611 g/mol. The van der Waals surface area contributed by atoms with Crippen molar-refractivity contribution in [3.8, 4) is 0 Å². The van der Waals surface area contributed by atoms with Gasteiger partial charge in [0, 0.05) is 6.54 Å². The number of ether oxygens (including phenoxy) is 2. The molecule has 0 aliphatic carbocycles. The smallest absolute Gasteiger partial charge is 0.414 e. The summed E-state index contributed by atoms with van der Waals surface area (Å²) in [5.41, 5.74) is 1.69. The fraction of sp³-hybridized carbons (Fsp3) is 0.529. The van der Waals surface area contributed by atoms with Gasteiger partial charge in [-0.25, -0.2) is 9.59 Å². The van der Waals surface area contributed by atoms with Crippen LogP contribution in [0.3, 0.4) is 0 Å². The van der Waals surface area contributed by atoms with Crippen molar-refractivity contribution in [2.24, 2.45) is 11.8 Å². The number of alkyl carbamates (subject to hydrolysis) is 2. The van der Waals surface area contributed by atoms with E-state index >= 15 is 0 Å². The highest BCUT2D eigenvalue weighted by Crippen LogP contribution is 2.09. The molecule has 10 heteroatoms. The van der Waals surface area contributed by atoms with Gasteiger partial charge in [0.2, 0.25) is 5.91 Å². The van der Waals surface area contributed by atoms with Crippen LogP contribution in [0.25, 0.3) is 0 Å². The molecule has 2 aromatic carbocycles. The van der Waals surface area contributed by atoms with Crippen LogP contribution >= 0.6 is 0 Å². The van der Waals surface area contributed by atoms with Gasteiger partial charge in [0.25, 0.3) is 0 Å². The Hall–Kier alpha value is -3.76. The molecule has 242 valence electrons. The highest BCUT2D eigenvalue weighted by atomic mass is 16.6. The number of hydrogen-bond donors (Lipinski definition) is 4. The molecule has 10 nitrogen and oxygen atoms in total. The highest BCUT2D eigenvalue weighted by Gasteiger charge is 2.27. The van der Waals surface area contributed by atoms with Gasteiger partial charge >= 0.3 is 12.2 Å². The Balaban J connectivity index is 1.76. The van der Waals surface area contributed by atoms with E-state index in [1.165, 1.54) is 0 Å². The molecule has 0 saturated heterocycles. The number of carbonyl (C=O) groups excluding carboxylic acids is 4. The highest BCUT2D eigenvalue weighted by molar-refractivity contribution is 5.95. The van der Waals surface area contributed by atoms with Gasteiger partial charge in [0.15, 0.2) is 0 Å². The predicted molar refractivity (Wildman–Crippen MR) is 171 cm³/mol. The van der Waals surface area contributed by atoms with Crippen molar-refractivity contribution in [3.63, 3.8) is 0 Å². The zero-order valence-corrected chi connectivity index (χ0v) is 26.4. The summed E-state index contributed by atoms with van der Waals surface area (Å²) in [5, 5.41) is 11.6. The number of benzene rings is 2. The number of aldehydes is 1. The maximum absolute atomic E-state index is 13.1. The summed E-state index contributed by atoms with van der Waals surface area (Å²) >= 11 is 0. The second-order valence-electron chi connectivity index (χ2n) is 11.4. The first-order valence-corrected chi connectivity index (χ1v) is 15.7. The van der Waals surface area contributed by atoms with Crippen LogP contribution in [0.15, 0.2) is 60.7 Å². The Labute approximate surface area is 262 Å². The van der Waals surface area contributed by atoms with Gasteiger partial charge in [-0.1, -0.05) is 107 Å². The Bertz CT molecular complexity index is 1100. The molecule has 44 heavy (non-hydrogen) atoms. The summed E-state index contributed by atoms with van der Waals surface area (Å²) < 4.78 is 10.5. The molecule has 0 heterocycles. The normalized spacial score (nSPS) is 13.0. The number of rotatable bonds is 21. The maximum atomic E-state index is 13.1. The lowest BCUT2D eigenvalue weighted by Gasteiger charge is -2.24. The predicted octanol–water partition coefficient (Wildman–Crippen LogP) is 5.11. The number of nitrogens with one attached hydrogen (secondary N) is 4. The molecular weight excluding hydrogens is 560 g/mol. The molecule has 0 spiro atoms. The molecule has 0 saturated carbocycles. The summed E-state index contributed by atoms with van der Waals surface area (Å²) in [5.74, 6) is -0.565. The zero-order chi connectivity index (χ0) is 32.0. The van der Waals surface area contributed by atoms with E-state index in [9.17, 15) is 19.2 Å². The minimum atomic E-state index is -0.824. The minimum absolute atomic E-state index is 0.0495. The van der Waals surface area contributed by atoms with E-state index in [0.717, 1.165) is 62.5 Å². The van der Waals surface area contributed by atoms with Crippen LogP contribution in [0, 0.1) is 11.8 Å². The second-order valence-corrected chi connectivity index (χ2v) is 11.4. The summed E-state index contributed by atoms with van der Waals surface area (Å²) in [6.07, 6.45) is 5.70. The van der Waals surface area contributed by atoms with Gasteiger partial charge in [-0.15, -0.1) is 0 Å². The quantitative estimate of drug-likeness (QED) is 0.113. The zero-order valence-electron chi connectivity index (χ0n) is 26.4. The fourth-order valence-electron chi connectivity index (χ4n) is 4.55. The Kier molecular flexibility index (Phi) is 18.1. The Morgan fingerprint density at radius 3 is 1.73 bits per heavy atom. The van der Waals surface area contributed by atoms with E-state index < -0.39 is 24.1 Å². The molecule has 0 fully saturated rings. The van der Waals surface area contributed by atoms with Gasteiger partial charge < -0.3 is 30.2 Å². The van der Waals surface area contributed by atoms with Crippen LogP contribution in [-0.2, 0) is 32.3 Å². The number of hydrogen-bond acceptors (Lipinski definition) is 8. The van der Waals surface area contributed by atoms with Crippen LogP contribution in [0.1, 0.15) is 70.4 Å². The van der Waals surface area contributed by atoms with Crippen molar-refractivity contribution in [1.29, 1.82) is 0 Å².